The fraction of sp³-hybridized carbons (Fsp3) is 0. The summed E-state index contributed by atoms with van der Waals surface area (Å²) in [6, 6.07) is 151. The van der Waals surface area contributed by atoms with E-state index in [0.717, 1.165) is 116 Å². The van der Waals surface area contributed by atoms with Crippen LogP contribution in [0.5, 0.6) is 0 Å². The second kappa shape index (κ2) is 30.5. The van der Waals surface area contributed by atoms with Gasteiger partial charge >= 0.3 is 0 Å². The van der Waals surface area contributed by atoms with Gasteiger partial charge in [-0.2, -0.15) is 0 Å². The molecule has 21 aromatic carbocycles. The van der Waals surface area contributed by atoms with Crippen molar-refractivity contribution < 1.29 is 8.83 Å². The second-order valence-electron chi connectivity index (χ2n) is 33.3. The van der Waals surface area contributed by atoms with Crippen LogP contribution in [0.4, 0.5) is 0 Å². The van der Waals surface area contributed by atoms with E-state index in [0.29, 0.717) is 34.9 Å². The largest absolute Gasteiger partial charge is 0.456 e. The van der Waals surface area contributed by atoms with E-state index in [1.54, 1.807) is 0 Å². The van der Waals surface area contributed by atoms with Crippen molar-refractivity contribution in [1.82, 2.24) is 29.9 Å². The molecule has 27 aromatic rings. The molecular weight excluding hydrogens is 1620 g/mol. The number of aromatic nitrogens is 6. The van der Waals surface area contributed by atoms with Crippen LogP contribution in [-0.2, 0) is 0 Å². The Hall–Kier alpha value is -16.8. The molecule has 0 saturated heterocycles. The lowest BCUT2D eigenvalue weighted by atomic mass is 9.91. The summed E-state index contributed by atoms with van der Waals surface area (Å²) in [6.07, 6.45) is 0. The molecule has 0 aliphatic rings. The Kier molecular flexibility index (Phi) is 17.5. The molecule has 0 amide bonds. The molecule has 0 unspecified atom stereocenters. The number of hydrogen-bond donors (Lipinski definition) is 0. The summed E-state index contributed by atoms with van der Waals surface area (Å²) < 4.78 is 18.6. The molecule has 0 radical (unpaired) electrons. The van der Waals surface area contributed by atoms with E-state index in [4.69, 9.17) is 38.7 Å². The fourth-order valence-corrected chi connectivity index (χ4v) is 22.2. The summed E-state index contributed by atoms with van der Waals surface area (Å²) in [4.78, 5) is 31.4. The minimum Gasteiger partial charge on any atom is -0.456 e. The monoisotopic (exact) mass is 1690 g/mol. The van der Waals surface area contributed by atoms with Crippen molar-refractivity contribution in [3.8, 4) is 135 Å². The summed E-state index contributed by atoms with van der Waals surface area (Å²) >= 11 is 3.71. The first-order chi connectivity index (χ1) is 64.4. The summed E-state index contributed by atoms with van der Waals surface area (Å²) in [5.74, 6) is 3.60. The van der Waals surface area contributed by atoms with E-state index in [9.17, 15) is 0 Å². The van der Waals surface area contributed by atoms with Gasteiger partial charge in [-0.1, -0.05) is 352 Å². The summed E-state index contributed by atoms with van der Waals surface area (Å²) in [7, 11) is 0. The van der Waals surface area contributed by atoms with Gasteiger partial charge in [0.2, 0.25) is 0 Å². The molecule has 6 heterocycles. The third-order valence-corrected chi connectivity index (χ3v) is 28.3. The Bertz CT molecular complexity index is 9210. The number of nitrogens with zero attached hydrogens (tertiary/aromatic N) is 6. The highest BCUT2D eigenvalue weighted by atomic mass is 32.1. The van der Waals surface area contributed by atoms with Gasteiger partial charge in [-0.05, 0) is 193 Å². The molecule has 10 heteroatoms. The van der Waals surface area contributed by atoms with Crippen LogP contribution in [0.25, 0.3) is 273 Å². The Morgan fingerprint density at radius 2 is 0.508 bits per heavy atom. The third-order valence-electron chi connectivity index (χ3n) is 25.8. The van der Waals surface area contributed by atoms with Crippen molar-refractivity contribution in [1.29, 1.82) is 0 Å². The van der Waals surface area contributed by atoms with Crippen LogP contribution in [-0.4, -0.2) is 29.9 Å². The molecule has 27 rings (SSSR count). The standard InChI is InChI=1S/C61H35N3OS.C59H35N3OS/c1-2-12-38(13-3-1)59-62-60(49-20-5-4-18-45(49)40-16-9-17-41(32-40)46-21-10-22-48-47-19-6-7-25-54(47)66-58(46)48)64-61(63-59)51-23-11-24-52-57(51)50-31-30-39(35-53(50)65-52)44-33-42-28-26-36-14-8-15-37-27-29-43(34-44)56(42)55(36)37;1-2-14-38(15-3-1)57-60-58(48-22-9-6-17-41(48)36-28-30-37(31-29-36)43-23-12-24-47-46-21-10-11-27-54(46)64-56(43)47)62-59(61-57)50-25-13-26-52-55(50)49-33-32-40(35-53(49)63-52)51-34-39-16-4-5-18-42(39)44-19-7-8-20-45(44)51/h1-35H;1-35H. The average molecular weight is 1690 g/mol. The zero-order chi connectivity index (χ0) is 85.4. The maximum Gasteiger partial charge on any atom is 0.164 e. The molecule has 0 spiro atoms. The van der Waals surface area contributed by atoms with Gasteiger partial charge in [0.1, 0.15) is 22.3 Å². The smallest absolute Gasteiger partial charge is 0.164 e. The van der Waals surface area contributed by atoms with Crippen LogP contribution in [0, 0.1) is 0 Å². The fourth-order valence-electron chi connectivity index (χ4n) is 19.7. The van der Waals surface area contributed by atoms with Crippen LogP contribution in [0.15, 0.2) is 433 Å². The lowest BCUT2D eigenvalue weighted by Crippen LogP contribution is -2.01. The number of thiophene rings is 2. The first-order valence-electron chi connectivity index (χ1n) is 43.7. The van der Waals surface area contributed by atoms with Crippen LogP contribution in [0.2, 0.25) is 0 Å². The SMILES string of the molecule is c1ccc(-c2nc(-c3ccccc3-c3ccc(-c4cccc5c4sc4ccccc45)cc3)nc(-c3cccc4oc5cc(-c6cc7ccccc7c7ccccc67)ccc5c34)n2)cc1.c1ccc(-c2nc(-c3ccccc3-c3cccc(-c4cccc5c4sc4ccccc45)c3)nc(-c3cccc4oc5cc(-c6cc7ccc8cccc9ccc(c6)c7c89)ccc5c34)n2)cc1. The van der Waals surface area contributed by atoms with Crippen molar-refractivity contribution in [2.75, 3.05) is 0 Å². The topological polar surface area (TPSA) is 104 Å². The van der Waals surface area contributed by atoms with Crippen LogP contribution in [0.3, 0.4) is 0 Å². The number of rotatable bonds is 12. The first kappa shape index (κ1) is 74.6. The molecule has 8 nitrogen and oxygen atoms in total. The second-order valence-corrected chi connectivity index (χ2v) is 35.4. The molecule has 0 fully saturated rings. The minimum absolute atomic E-state index is 0.586. The predicted octanol–water partition coefficient (Wildman–Crippen LogP) is 33.5. The molecule has 130 heavy (non-hydrogen) atoms. The van der Waals surface area contributed by atoms with Crippen LogP contribution < -0.4 is 0 Å². The number of furan rings is 2. The normalized spacial score (nSPS) is 11.8. The van der Waals surface area contributed by atoms with Gasteiger partial charge in [-0.3, -0.25) is 0 Å². The Balaban J connectivity index is 0.000000137. The van der Waals surface area contributed by atoms with E-state index in [2.05, 4.69) is 364 Å². The molecule has 0 bridgehead atoms. The van der Waals surface area contributed by atoms with Crippen molar-refractivity contribution >= 4 is 161 Å². The van der Waals surface area contributed by atoms with Gasteiger partial charge in [0.05, 0.1) is 0 Å². The van der Waals surface area contributed by atoms with E-state index in [-0.39, 0.29) is 0 Å². The molecule has 0 saturated carbocycles. The summed E-state index contributed by atoms with van der Waals surface area (Å²) in [5, 5.41) is 21.7. The molecule has 604 valence electrons. The van der Waals surface area contributed by atoms with E-state index in [1.807, 2.05) is 83.3 Å². The molecule has 6 aromatic heterocycles. The van der Waals surface area contributed by atoms with Gasteiger partial charge in [-0.15, -0.1) is 22.7 Å². The summed E-state index contributed by atoms with van der Waals surface area (Å²) in [5.41, 5.74) is 22.3. The molecule has 0 aliphatic carbocycles. The predicted molar refractivity (Wildman–Crippen MR) is 544 cm³/mol. The van der Waals surface area contributed by atoms with E-state index in [1.165, 1.54) is 122 Å². The van der Waals surface area contributed by atoms with Crippen LogP contribution >= 0.6 is 22.7 Å². The van der Waals surface area contributed by atoms with Gasteiger partial charge in [0.15, 0.2) is 34.9 Å². The first-order valence-corrected chi connectivity index (χ1v) is 45.4. The highest BCUT2D eigenvalue weighted by Gasteiger charge is 2.26. The van der Waals surface area contributed by atoms with Gasteiger partial charge in [-0.25, -0.2) is 29.9 Å². The van der Waals surface area contributed by atoms with E-state index < -0.39 is 0 Å². The summed E-state index contributed by atoms with van der Waals surface area (Å²) in [6.45, 7) is 0. The average Bonchev–Trinajstić information content (AvgIpc) is 1.69. The van der Waals surface area contributed by atoms with Gasteiger partial charge in [0.25, 0.3) is 0 Å². The van der Waals surface area contributed by atoms with Gasteiger partial charge < -0.3 is 8.83 Å². The zero-order valence-electron chi connectivity index (χ0n) is 69.7. The number of benzene rings is 21. The Morgan fingerprint density at radius 1 is 0.154 bits per heavy atom. The highest BCUT2D eigenvalue weighted by molar-refractivity contribution is 7.26. The molecule has 0 atom stereocenters. The number of hydrogen-bond acceptors (Lipinski definition) is 10. The third kappa shape index (κ3) is 12.6. The minimum atomic E-state index is 0.586. The maximum absolute atomic E-state index is 6.70. The lowest BCUT2D eigenvalue weighted by molar-refractivity contribution is 0.668. The quantitative estimate of drug-likeness (QED) is 0.111. The molecule has 0 aliphatic heterocycles. The van der Waals surface area contributed by atoms with Crippen molar-refractivity contribution in [2.24, 2.45) is 0 Å². The van der Waals surface area contributed by atoms with Crippen molar-refractivity contribution in [2.45, 2.75) is 0 Å². The van der Waals surface area contributed by atoms with Gasteiger partial charge in [0, 0.05) is 95.3 Å². The zero-order valence-corrected chi connectivity index (χ0v) is 71.4. The van der Waals surface area contributed by atoms with E-state index >= 15 is 0 Å². The van der Waals surface area contributed by atoms with Crippen molar-refractivity contribution in [3.63, 3.8) is 0 Å². The Morgan fingerprint density at radius 3 is 1.08 bits per heavy atom. The van der Waals surface area contributed by atoms with Crippen molar-refractivity contribution in [3.05, 3.63) is 425 Å². The van der Waals surface area contributed by atoms with Crippen LogP contribution in [0.1, 0.15) is 0 Å². The molecular formula is C120H70N6O2S2. The molecule has 0 N–H and O–H groups in total. The Labute approximate surface area is 753 Å². The lowest BCUT2D eigenvalue weighted by Gasteiger charge is -2.13. The number of fused-ring (bicyclic) bond motifs is 15. The highest BCUT2D eigenvalue weighted by Crippen LogP contribution is 2.49. The maximum atomic E-state index is 6.70.